The molecule has 0 saturated carbocycles. The highest BCUT2D eigenvalue weighted by molar-refractivity contribution is 5.85. The van der Waals surface area contributed by atoms with E-state index >= 15 is 0 Å². The molecule has 0 aromatic heterocycles. The zero-order valence-corrected chi connectivity index (χ0v) is 24.6. The molecule has 0 N–H and O–H groups in total. The van der Waals surface area contributed by atoms with E-state index < -0.39 is 0 Å². The highest BCUT2D eigenvalue weighted by Crippen LogP contribution is 2.46. The van der Waals surface area contributed by atoms with E-state index in [1.54, 1.807) is 0 Å². The molecule has 210 valence electrons. The number of nitrogens with zero attached hydrogens (tertiary/aromatic N) is 4. The second kappa shape index (κ2) is 10.6. The van der Waals surface area contributed by atoms with Crippen LogP contribution in [0.15, 0.2) is 130 Å². The van der Waals surface area contributed by atoms with Crippen molar-refractivity contribution in [1.29, 1.82) is 0 Å². The van der Waals surface area contributed by atoms with Gasteiger partial charge in [0.2, 0.25) is 0 Å². The molecule has 6 heteroatoms. The summed E-state index contributed by atoms with van der Waals surface area (Å²) in [6, 6.07) is 10.1. The third kappa shape index (κ3) is 4.19. The summed E-state index contributed by atoms with van der Waals surface area (Å²) >= 11 is 0. The lowest BCUT2D eigenvalue weighted by atomic mass is 9.66. The molecule has 4 nitrogen and oxygen atoms in total. The van der Waals surface area contributed by atoms with E-state index in [0.29, 0.717) is 47.6 Å². The summed E-state index contributed by atoms with van der Waals surface area (Å²) < 4.78 is 5.14. The molecule has 42 heavy (non-hydrogen) atoms. The Morgan fingerprint density at radius 2 is 0.952 bits per heavy atom. The summed E-state index contributed by atoms with van der Waals surface area (Å²) in [5.41, 5.74) is 7.95. The van der Waals surface area contributed by atoms with E-state index in [-0.39, 0.29) is 24.8 Å². The average Bonchev–Trinajstić information content (AvgIpc) is 3.00. The van der Waals surface area contributed by atoms with Crippen molar-refractivity contribution < 1.29 is 34.0 Å². The third-order valence-corrected chi connectivity index (χ3v) is 10.2. The molecule has 1 aromatic rings. The summed E-state index contributed by atoms with van der Waals surface area (Å²) in [6.45, 7) is 1.85. The molecule has 8 unspecified atom stereocenters. The smallest absolute Gasteiger partial charge is 0.179 e. The van der Waals surface area contributed by atoms with Crippen LogP contribution in [0.4, 0.5) is 0 Å². The molecular formula is C36H32Cl2N4. The molecule has 8 atom stereocenters. The Balaban J connectivity index is 0.00000144. The predicted octanol–water partition coefficient (Wildman–Crippen LogP) is -0.609. The molecule has 4 aliphatic heterocycles. The summed E-state index contributed by atoms with van der Waals surface area (Å²) in [6.07, 6.45) is 36.3. The second-order valence-corrected chi connectivity index (χ2v) is 12.3. The maximum absolute atomic E-state index is 4.80. The number of hydrogen-bond acceptors (Lipinski definition) is 2. The van der Waals surface area contributed by atoms with Crippen molar-refractivity contribution in [2.75, 3.05) is 0 Å². The van der Waals surface area contributed by atoms with Gasteiger partial charge in [0.05, 0.1) is 23.7 Å². The molecule has 9 rings (SSSR count). The highest BCUT2D eigenvalue weighted by atomic mass is 35.5. The lowest BCUT2D eigenvalue weighted by Crippen LogP contribution is -3.00. The number of hydrogen-bond donors (Lipinski definition) is 0. The zero-order chi connectivity index (χ0) is 26.2. The number of benzene rings is 1. The van der Waals surface area contributed by atoms with Crippen LogP contribution in [-0.2, 0) is 13.1 Å². The van der Waals surface area contributed by atoms with Gasteiger partial charge in [0, 0.05) is 46.8 Å². The number of allylic oxidation sites excluding steroid dienone is 12. The second-order valence-electron chi connectivity index (χ2n) is 12.3. The molecule has 8 aliphatic rings. The Labute approximate surface area is 259 Å². The Kier molecular flexibility index (Phi) is 6.87. The number of rotatable bonds is 4. The predicted molar refractivity (Wildman–Crippen MR) is 161 cm³/mol. The summed E-state index contributed by atoms with van der Waals surface area (Å²) in [4.78, 5) is 9.59. The van der Waals surface area contributed by atoms with E-state index in [0.717, 1.165) is 13.1 Å². The fraction of sp³-hybridized carbons (Fsp3) is 0.278. The Hall–Kier alpha value is -3.60. The lowest BCUT2D eigenvalue weighted by molar-refractivity contribution is -0.581. The summed E-state index contributed by atoms with van der Waals surface area (Å²) in [5.74, 6) is 2.68. The van der Waals surface area contributed by atoms with Crippen molar-refractivity contribution in [3.8, 4) is 0 Å². The maximum atomic E-state index is 4.80. The van der Waals surface area contributed by atoms with Crippen LogP contribution in [0.3, 0.4) is 0 Å². The van der Waals surface area contributed by atoms with Crippen LogP contribution >= 0.6 is 0 Å². The van der Waals surface area contributed by atoms with Gasteiger partial charge in [-0.15, -0.1) is 0 Å². The summed E-state index contributed by atoms with van der Waals surface area (Å²) in [7, 11) is 0. The highest BCUT2D eigenvalue weighted by Gasteiger charge is 2.50. The molecule has 0 saturated heterocycles. The van der Waals surface area contributed by atoms with Gasteiger partial charge in [-0.25, -0.2) is 9.15 Å². The molecule has 0 spiro atoms. The molecule has 4 heterocycles. The Morgan fingerprint density at radius 1 is 0.524 bits per heavy atom. The monoisotopic (exact) mass is 590 g/mol. The Bertz CT molecular complexity index is 1570. The molecule has 4 aliphatic carbocycles. The van der Waals surface area contributed by atoms with E-state index in [9.17, 15) is 0 Å². The van der Waals surface area contributed by atoms with Gasteiger partial charge in [-0.3, -0.25) is 9.98 Å². The third-order valence-electron chi connectivity index (χ3n) is 10.2. The minimum absolute atomic E-state index is 0. The number of aliphatic imine (C=N–C) groups is 2. The van der Waals surface area contributed by atoms with E-state index in [4.69, 9.17) is 9.98 Å². The van der Waals surface area contributed by atoms with Gasteiger partial charge in [0.25, 0.3) is 0 Å². The van der Waals surface area contributed by atoms with Gasteiger partial charge in [-0.2, -0.15) is 0 Å². The molecule has 0 bridgehead atoms. The molecular weight excluding hydrogens is 559 g/mol. The van der Waals surface area contributed by atoms with Gasteiger partial charge >= 0.3 is 0 Å². The van der Waals surface area contributed by atoms with Gasteiger partial charge in [-0.05, 0) is 35.5 Å². The topological polar surface area (TPSA) is 30.7 Å². The van der Waals surface area contributed by atoms with Crippen LogP contribution in [0, 0.1) is 35.5 Å². The largest absolute Gasteiger partial charge is 1.00 e. The summed E-state index contributed by atoms with van der Waals surface area (Å²) in [5, 5.41) is 0. The van der Waals surface area contributed by atoms with Crippen LogP contribution in [-0.4, -0.2) is 46.1 Å². The average molecular weight is 592 g/mol. The minimum Gasteiger partial charge on any atom is -1.00 e. The van der Waals surface area contributed by atoms with Gasteiger partial charge in [0.1, 0.15) is 12.4 Å². The first kappa shape index (κ1) is 27.2. The van der Waals surface area contributed by atoms with E-state index in [1.165, 1.54) is 33.7 Å². The molecule has 0 radical (unpaired) electrons. The van der Waals surface area contributed by atoms with Gasteiger partial charge in [0.15, 0.2) is 25.2 Å². The van der Waals surface area contributed by atoms with Gasteiger partial charge < -0.3 is 24.8 Å². The SMILES string of the molecule is C1=CC2C=[N+](Cc3ccc(C[N+]4=CC5C=CC=C6N=CC7=CC=CC4C7C65)cc3)C3C=CC=C4C=NC(=C1)C2C43.[Cl-].[Cl-]. The van der Waals surface area contributed by atoms with Crippen molar-refractivity contribution in [1.82, 2.24) is 0 Å². The van der Waals surface area contributed by atoms with Crippen LogP contribution in [0.25, 0.3) is 0 Å². The maximum Gasteiger partial charge on any atom is 0.179 e. The zero-order valence-electron chi connectivity index (χ0n) is 23.1. The minimum atomic E-state index is 0. The van der Waals surface area contributed by atoms with Crippen LogP contribution < -0.4 is 24.8 Å². The normalized spacial score (nSPS) is 34.8. The van der Waals surface area contributed by atoms with Gasteiger partial charge in [-0.1, -0.05) is 72.9 Å². The molecule has 0 fully saturated rings. The van der Waals surface area contributed by atoms with Crippen LogP contribution in [0.5, 0.6) is 0 Å². The fourth-order valence-electron chi connectivity index (χ4n) is 8.39. The quantitative estimate of drug-likeness (QED) is 0.419. The van der Waals surface area contributed by atoms with E-state index in [1.807, 2.05) is 0 Å². The fourth-order valence-corrected chi connectivity index (χ4v) is 8.39. The van der Waals surface area contributed by atoms with Crippen LogP contribution in [0.1, 0.15) is 11.1 Å². The van der Waals surface area contributed by atoms with E-state index in [2.05, 4.69) is 131 Å². The lowest BCUT2D eigenvalue weighted by Gasteiger charge is -2.42. The Morgan fingerprint density at radius 3 is 1.40 bits per heavy atom. The standard InChI is InChI=1S/C36H32N4.2ClH/c1-7-27-21-39(31-11-3-5-25-17-37-29(9-1)33(27)35(25)31)19-23-13-15-24(16-14-23)20-40-22-28-8-2-10-30-34(28)36-26(18-38-30)6-4-12-32(36)40;;/h1-18,21-22,27-28,31-36H,19-20H2;2*1H/q+2;;/p-2. The molecule has 0 amide bonds. The van der Waals surface area contributed by atoms with Crippen molar-refractivity contribution >= 4 is 24.9 Å². The van der Waals surface area contributed by atoms with Crippen molar-refractivity contribution in [2.45, 2.75) is 25.2 Å². The first-order chi connectivity index (χ1) is 19.8. The van der Waals surface area contributed by atoms with Crippen molar-refractivity contribution in [3.63, 3.8) is 0 Å². The first-order valence-corrected chi connectivity index (χ1v) is 14.7. The number of halogens is 2. The van der Waals surface area contributed by atoms with Crippen molar-refractivity contribution in [2.24, 2.45) is 45.5 Å². The van der Waals surface area contributed by atoms with Crippen LogP contribution in [0.2, 0.25) is 0 Å². The molecule has 1 aromatic carbocycles. The first-order valence-electron chi connectivity index (χ1n) is 14.7. The van der Waals surface area contributed by atoms with Crippen molar-refractivity contribution in [3.05, 3.63) is 131 Å².